The molecule has 1 spiro atoms. The van der Waals surface area contributed by atoms with Gasteiger partial charge in [-0.2, -0.15) is 0 Å². The van der Waals surface area contributed by atoms with Crippen LogP contribution in [0.4, 0.5) is 4.39 Å². The van der Waals surface area contributed by atoms with Crippen molar-refractivity contribution in [2.45, 2.75) is 44.6 Å². The van der Waals surface area contributed by atoms with Gasteiger partial charge in [0.05, 0.1) is 16.8 Å². The van der Waals surface area contributed by atoms with E-state index in [-0.39, 0.29) is 17.3 Å². The molecule has 22 heavy (non-hydrogen) atoms. The summed E-state index contributed by atoms with van der Waals surface area (Å²) in [6.07, 6.45) is 5.70. The quantitative estimate of drug-likeness (QED) is 0.801. The second-order valence-corrected chi connectivity index (χ2v) is 6.60. The normalized spacial score (nSPS) is 19.6. The molecule has 1 aromatic carbocycles. The van der Waals surface area contributed by atoms with Crippen molar-refractivity contribution in [1.29, 1.82) is 0 Å². The molecule has 2 fully saturated rings. The molecule has 1 saturated carbocycles. The first-order valence-corrected chi connectivity index (χ1v) is 7.98. The summed E-state index contributed by atoms with van der Waals surface area (Å²) in [6, 6.07) is 6.39. The molecule has 2 aromatic rings. The van der Waals surface area contributed by atoms with Crippen molar-refractivity contribution < 1.29 is 9.18 Å². The van der Waals surface area contributed by atoms with Crippen molar-refractivity contribution in [1.82, 2.24) is 9.88 Å². The van der Waals surface area contributed by atoms with E-state index >= 15 is 0 Å². The lowest BCUT2D eigenvalue weighted by Crippen LogP contribution is -2.52. The number of carbonyl (C=O) groups excluding carboxylic acids is 1. The summed E-state index contributed by atoms with van der Waals surface area (Å²) < 4.78 is 13.3. The number of amides is 1. The van der Waals surface area contributed by atoms with Crippen molar-refractivity contribution in [3.05, 3.63) is 41.3 Å². The first-order valence-electron chi connectivity index (χ1n) is 7.98. The maximum atomic E-state index is 13.3. The third-order valence-electron chi connectivity index (χ3n) is 5.33. The molecule has 1 saturated heterocycles. The first-order chi connectivity index (χ1) is 10.6. The van der Waals surface area contributed by atoms with Gasteiger partial charge in [-0.15, -0.1) is 0 Å². The molecule has 114 valence electrons. The average Bonchev–Trinajstić information content (AvgIpc) is 2.90. The number of hydrogen-bond donors (Lipinski definition) is 0. The van der Waals surface area contributed by atoms with Gasteiger partial charge in [0.1, 0.15) is 5.82 Å². The number of carbonyl (C=O) groups is 1. The maximum Gasteiger partial charge on any atom is 0.256 e. The summed E-state index contributed by atoms with van der Waals surface area (Å²) in [5, 5.41) is 0.817. The van der Waals surface area contributed by atoms with Crippen LogP contribution in [0.5, 0.6) is 0 Å². The number of hydrogen-bond acceptors (Lipinski definition) is 2. The van der Waals surface area contributed by atoms with Crippen LogP contribution in [0.25, 0.3) is 10.9 Å². The van der Waals surface area contributed by atoms with Crippen LogP contribution in [0, 0.1) is 12.7 Å². The van der Waals surface area contributed by atoms with Crippen LogP contribution in [0.2, 0.25) is 0 Å². The van der Waals surface area contributed by atoms with E-state index in [2.05, 4.69) is 9.88 Å². The molecule has 1 aliphatic heterocycles. The van der Waals surface area contributed by atoms with Gasteiger partial charge in [0.15, 0.2) is 0 Å². The Hall–Kier alpha value is -1.97. The van der Waals surface area contributed by atoms with Crippen molar-refractivity contribution in [2.75, 3.05) is 6.54 Å². The SMILES string of the molecule is Cc1nc2cc(F)ccc2cc1C(=O)N1CCCC12CCC2. The smallest absolute Gasteiger partial charge is 0.256 e. The number of rotatable bonds is 1. The van der Waals surface area contributed by atoms with Gasteiger partial charge < -0.3 is 4.90 Å². The number of nitrogens with zero attached hydrogens (tertiary/aromatic N) is 2. The molecule has 0 atom stereocenters. The van der Waals surface area contributed by atoms with E-state index in [0.717, 1.165) is 37.6 Å². The van der Waals surface area contributed by atoms with E-state index in [1.807, 2.05) is 13.0 Å². The Morgan fingerprint density at radius 2 is 2.00 bits per heavy atom. The van der Waals surface area contributed by atoms with Gasteiger partial charge >= 0.3 is 0 Å². The number of aromatic nitrogens is 1. The average molecular weight is 298 g/mol. The molecular weight excluding hydrogens is 279 g/mol. The summed E-state index contributed by atoms with van der Waals surface area (Å²) in [7, 11) is 0. The largest absolute Gasteiger partial charge is 0.333 e. The first kappa shape index (κ1) is 13.7. The summed E-state index contributed by atoms with van der Waals surface area (Å²) in [6.45, 7) is 2.68. The maximum absolute atomic E-state index is 13.3. The van der Waals surface area contributed by atoms with Crippen LogP contribution < -0.4 is 0 Å². The van der Waals surface area contributed by atoms with Gasteiger partial charge in [0, 0.05) is 23.5 Å². The standard InChI is InChI=1S/C18H19FN2O/c1-12-15(10-13-4-5-14(19)11-16(13)20-12)17(22)21-9-3-8-18(21)6-2-7-18/h4-5,10-11H,2-3,6-9H2,1H3. The second-order valence-electron chi connectivity index (χ2n) is 6.60. The van der Waals surface area contributed by atoms with E-state index in [1.165, 1.54) is 18.6 Å². The van der Waals surface area contributed by atoms with Crippen molar-refractivity contribution in [2.24, 2.45) is 0 Å². The van der Waals surface area contributed by atoms with Gasteiger partial charge in [-0.05, 0) is 57.2 Å². The number of aryl methyl sites for hydroxylation is 1. The van der Waals surface area contributed by atoms with Crippen molar-refractivity contribution in [3.8, 4) is 0 Å². The van der Waals surface area contributed by atoms with Crippen LogP contribution >= 0.6 is 0 Å². The Morgan fingerprint density at radius 1 is 1.23 bits per heavy atom. The predicted octanol–water partition coefficient (Wildman–Crippen LogP) is 3.84. The van der Waals surface area contributed by atoms with Gasteiger partial charge in [0.2, 0.25) is 0 Å². The van der Waals surface area contributed by atoms with Gasteiger partial charge in [0.25, 0.3) is 5.91 Å². The molecule has 0 N–H and O–H groups in total. The Morgan fingerprint density at radius 3 is 2.73 bits per heavy atom. The summed E-state index contributed by atoms with van der Waals surface area (Å²) in [5.74, 6) is -0.208. The van der Waals surface area contributed by atoms with E-state index in [1.54, 1.807) is 6.07 Å². The molecule has 0 bridgehead atoms. The monoisotopic (exact) mass is 298 g/mol. The lowest BCUT2D eigenvalue weighted by atomic mass is 9.74. The van der Waals surface area contributed by atoms with Gasteiger partial charge in [-0.3, -0.25) is 9.78 Å². The highest BCUT2D eigenvalue weighted by Gasteiger charge is 2.48. The Balaban J connectivity index is 1.75. The zero-order chi connectivity index (χ0) is 15.3. The highest BCUT2D eigenvalue weighted by Crippen LogP contribution is 2.46. The molecular formula is C18H19FN2O. The van der Waals surface area contributed by atoms with Crippen LogP contribution in [-0.2, 0) is 0 Å². The zero-order valence-corrected chi connectivity index (χ0v) is 12.7. The number of fused-ring (bicyclic) bond motifs is 1. The van der Waals surface area contributed by atoms with E-state index in [0.29, 0.717) is 16.8 Å². The summed E-state index contributed by atoms with van der Waals surface area (Å²) >= 11 is 0. The topological polar surface area (TPSA) is 33.2 Å². The lowest BCUT2D eigenvalue weighted by molar-refractivity contribution is 0.0366. The molecule has 0 unspecified atom stereocenters. The van der Waals surface area contributed by atoms with Crippen LogP contribution in [0.15, 0.2) is 24.3 Å². The highest BCUT2D eigenvalue weighted by atomic mass is 19.1. The summed E-state index contributed by atoms with van der Waals surface area (Å²) in [4.78, 5) is 19.5. The molecule has 4 rings (SSSR count). The van der Waals surface area contributed by atoms with Crippen molar-refractivity contribution in [3.63, 3.8) is 0 Å². The van der Waals surface area contributed by atoms with Gasteiger partial charge in [-0.25, -0.2) is 4.39 Å². The van der Waals surface area contributed by atoms with Crippen LogP contribution in [0.1, 0.15) is 48.2 Å². The molecule has 2 aliphatic rings. The molecule has 1 amide bonds. The third-order valence-corrected chi connectivity index (χ3v) is 5.33. The fraction of sp³-hybridized carbons (Fsp3) is 0.444. The second kappa shape index (κ2) is 4.77. The van der Waals surface area contributed by atoms with Crippen molar-refractivity contribution >= 4 is 16.8 Å². The minimum atomic E-state index is -0.300. The highest BCUT2D eigenvalue weighted by molar-refractivity contribution is 5.99. The number of halogens is 1. The number of benzene rings is 1. The molecule has 0 radical (unpaired) electrons. The molecule has 1 aliphatic carbocycles. The fourth-order valence-electron chi connectivity index (χ4n) is 3.96. The minimum Gasteiger partial charge on any atom is -0.333 e. The Bertz CT molecular complexity index is 767. The minimum absolute atomic E-state index is 0.0911. The third kappa shape index (κ3) is 1.93. The Labute approximate surface area is 129 Å². The number of pyridine rings is 1. The van der Waals surface area contributed by atoms with Crippen LogP contribution in [-0.4, -0.2) is 27.9 Å². The van der Waals surface area contributed by atoms with E-state index < -0.39 is 0 Å². The zero-order valence-electron chi connectivity index (χ0n) is 12.7. The fourth-order valence-corrected chi connectivity index (χ4v) is 3.96. The molecule has 4 heteroatoms. The molecule has 3 nitrogen and oxygen atoms in total. The lowest BCUT2D eigenvalue weighted by Gasteiger charge is -2.46. The van der Waals surface area contributed by atoms with Crippen LogP contribution in [0.3, 0.4) is 0 Å². The van der Waals surface area contributed by atoms with Gasteiger partial charge in [-0.1, -0.05) is 0 Å². The molecule has 1 aromatic heterocycles. The Kier molecular flexibility index (Phi) is 2.96. The van der Waals surface area contributed by atoms with E-state index in [4.69, 9.17) is 0 Å². The van der Waals surface area contributed by atoms with E-state index in [9.17, 15) is 9.18 Å². The predicted molar refractivity (Wildman–Crippen MR) is 83.3 cm³/mol. The summed E-state index contributed by atoms with van der Waals surface area (Å²) in [5.41, 5.74) is 2.06. The molecule has 2 heterocycles. The number of likely N-dealkylation sites (tertiary alicyclic amines) is 1.